The molecule has 1 aliphatic carbocycles. The highest BCUT2D eigenvalue weighted by Gasteiger charge is 2.21. The summed E-state index contributed by atoms with van der Waals surface area (Å²) in [5.74, 6) is 1.63. The molecule has 0 heterocycles. The van der Waals surface area contributed by atoms with Gasteiger partial charge in [-0.3, -0.25) is 0 Å². The van der Waals surface area contributed by atoms with Gasteiger partial charge in [0.2, 0.25) is 0 Å². The zero-order chi connectivity index (χ0) is 10.6. The molecule has 0 aromatic rings. The Morgan fingerprint density at radius 3 is 2.29 bits per heavy atom. The summed E-state index contributed by atoms with van der Waals surface area (Å²) in [4.78, 5) is 0. The summed E-state index contributed by atoms with van der Waals surface area (Å²) in [5, 5.41) is 3.81. The first-order valence-corrected chi connectivity index (χ1v) is 6.37. The van der Waals surface area contributed by atoms with Crippen molar-refractivity contribution in [3.63, 3.8) is 0 Å². The average Bonchev–Trinajstić information content (AvgIpc) is 2.32. The third-order valence-corrected chi connectivity index (χ3v) is 3.84. The number of hydrogen-bond donors (Lipinski definition) is 1. The van der Waals surface area contributed by atoms with Crippen LogP contribution in [0.15, 0.2) is 0 Å². The molecule has 3 unspecified atom stereocenters. The average molecular weight is 197 g/mol. The highest BCUT2D eigenvalue weighted by molar-refractivity contribution is 4.80. The van der Waals surface area contributed by atoms with E-state index in [0.29, 0.717) is 6.04 Å². The molecule has 3 atom stereocenters. The van der Waals surface area contributed by atoms with E-state index in [0.717, 1.165) is 17.9 Å². The standard InChI is InChI=1S/C13H27N/c1-10(2)12(4)14-13-9-7-5-6-8-11(13)3/h10-14H,5-9H2,1-4H3. The highest BCUT2D eigenvalue weighted by Crippen LogP contribution is 2.23. The number of nitrogens with one attached hydrogen (secondary N) is 1. The van der Waals surface area contributed by atoms with Gasteiger partial charge in [0, 0.05) is 12.1 Å². The molecule has 1 rings (SSSR count). The summed E-state index contributed by atoms with van der Waals surface area (Å²) in [6, 6.07) is 1.44. The van der Waals surface area contributed by atoms with Crippen molar-refractivity contribution >= 4 is 0 Å². The fourth-order valence-corrected chi connectivity index (χ4v) is 2.27. The molecule has 0 aromatic carbocycles. The van der Waals surface area contributed by atoms with E-state index in [1.54, 1.807) is 0 Å². The Balaban J connectivity index is 2.40. The van der Waals surface area contributed by atoms with Gasteiger partial charge in [0.1, 0.15) is 0 Å². The lowest BCUT2D eigenvalue weighted by atomic mass is 9.94. The summed E-state index contributed by atoms with van der Waals surface area (Å²) in [6.45, 7) is 9.34. The summed E-state index contributed by atoms with van der Waals surface area (Å²) >= 11 is 0. The molecule has 0 aromatic heterocycles. The van der Waals surface area contributed by atoms with Crippen LogP contribution in [-0.4, -0.2) is 12.1 Å². The van der Waals surface area contributed by atoms with Crippen molar-refractivity contribution in [1.82, 2.24) is 5.32 Å². The van der Waals surface area contributed by atoms with E-state index < -0.39 is 0 Å². The largest absolute Gasteiger partial charge is 0.311 e. The van der Waals surface area contributed by atoms with Gasteiger partial charge in [0.25, 0.3) is 0 Å². The van der Waals surface area contributed by atoms with Crippen LogP contribution in [0.1, 0.15) is 59.8 Å². The summed E-state index contributed by atoms with van der Waals surface area (Å²) in [6.07, 6.45) is 7.11. The van der Waals surface area contributed by atoms with E-state index in [9.17, 15) is 0 Å². The van der Waals surface area contributed by atoms with E-state index >= 15 is 0 Å². The highest BCUT2D eigenvalue weighted by atomic mass is 15.0. The molecular weight excluding hydrogens is 170 g/mol. The van der Waals surface area contributed by atoms with Gasteiger partial charge < -0.3 is 5.32 Å². The molecule has 0 amide bonds. The van der Waals surface area contributed by atoms with Crippen LogP contribution in [0, 0.1) is 11.8 Å². The first-order valence-electron chi connectivity index (χ1n) is 6.37. The van der Waals surface area contributed by atoms with E-state index in [1.807, 2.05) is 0 Å². The Morgan fingerprint density at radius 1 is 1.00 bits per heavy atom. The van der Waals surface area contributed by atoms with E-state index in [1.165, 1.54) is 32.1 Å². The van der Waals surface area contributed by atoms with Gasteiger partial charge in [-0.05, 0) is 31.6 Å². The molecule has 1 N–H and O–H groups in total. The lowest BCUT2D eigenvalue weighted by Crippen LogP contribution is -2.42. The van der Waals surface area contributed by atoms with Crippen LogP contribution in [0.4, 0.5) is 0 Å². The Morgan fingerprint density at radius 2 is 1.64 bits per heavy atom. The lowest BCUT2D eigenvalue weighted by Gasteiger charge is -2.28. The van der Waals surface area contributed by atoms with Crippen molar-refractivity contribution in [2.45, 2.75) is 71.9 Å². The Kier molecular flexibility index (Phi) is 4.94. The fraction of sp³-hybridized carbons (Fsp3) is 1.00. The van der Waals surface area contributed by atoms with Gasteiger partial charge >= 0.3 is 0 Å². The predicted octanol–water partition coefficient (Wildman–Crippen LogP) is 3.59. The predicted molar refractivity (Wildman–Crippen MR) is 63.5 cm³/mol. The molecule has 0 radical (unpaired) electrons. The van der Waals surface area contributed by atoms with Crippen LogP contribution >= 0.6 is 0 Å². The summed E-state index contributed by atoms with van der Waals surface area (Å²) < 4.78 is 0. The maximum atomic E-state index is 3.81. The van der Waals surface area contributed by atoms with Crippen molar-refractivity contribution in [1.29, 1.82) is 0 Å². The van der Waals surface area contributed by atoms with E-state index in [-0.39, 0.29) is 0 Å². The zero-order valence-corrected chi connectivity index (χ0v) is 10.3. The minimum absolute atomic E-state index is 0.667. The fourth-order valence-electron chi connectivity index (χ4n) is 2.27. The van der Waals surface area contributed by atoms with Gasteiger partial charge in [-0.25, -0.2) is 0 Å². The smallest absolute Gasteiger partial charge is 0.00952 e. The number of rotatable bonds is 3. The molecule has 0 saturated heterocycles. The van der Waals surface area contributed by atoms with Crippen molar-refractivity contribution in [3.05, 3.63) is 0 Å². The third kappa shape index (κ3) is 3.61. The molecule has 0 bridgehead atoms. The van der Waals surface area contributed by atoms with E-state index in [4.69, 9.17) is 0 Å². The van der Waals surface area contributed by atoms with Gasteiger partial charge in [-0.2, -0.15) is 0 Å². The summed E-state index contributed by atoms with van der Waals surface area (Å²) in [7, 11) is 0. The minimum atomic E-state index is 0.667. The van der Waals surface area contributed by atoms with Gasteiger partial charge in [-0.15, -0.1) is 0 Å². The van der Waals surface area contributed by atoms with E-state index in [2.05, 4.69) is 33.0 Å². The molecule has 1 aliphatic rings. The Bertz CT molecular complexity index is 153. The lowest BCUT2D eigenvalue weighted by molar-refractivity contribution is 0.295. The zero-order valence-electron chi connectivity index (χ0n) is 10.3. The molecule has 1 heteroatoms. The molecule has 1 saturated carbocycles. The topological polar surface area (TPSA) is 12.0 Å². The molecule has 0 spiro atoms. The van der Waals surface area contributed by atoms with Crippen molar-refractivity contribution in [3.8, 4) is 0 Å². The van der Waals surface area contributed by atoms with Gasteiger partial charge in [0.15, 0.2) is 0 Å². The maximum absolute atomic E-state index is 3.81. The Hall–Kier alpha value is -0.0400. The van der Waals surface area contributed by atoms with Gasteiger partial charge in [-0.1, -0.05) is 40.0 Å². The van der Waals surface area contributed by atoms with Crippen molar-refractivity contribution in [2.75, 3.05) is 0 Å². The van der Waals surface area contributed by atoms with Crippen LogP contribution in [0.3, 0.4) is 0 Å². The Labute approximate surface area is 89.7 Å². The van der Waals surface area contributed by atoms with Crippen LogP contribution in [0.2, 0.25) is 0 Å². The van der Waals surface area contributed by atoms with Crippen molar-refractivity contribution in [2.24, 2.45) is 11.8 Å². The maximum Gasteiger partial charge on any atom is 0.00952 e. The van der Waals surface area contributed by atoms with Crippen LogP contribution in [0.5, 0.6) is 0 Å². The van der Waals surface area contributed by atoms with Gasteiger partial charge in [0.05, 0.1) is 0 Å². The first kappa shape index (κ1) is 12.0. The second kappa shape index (κ2) is 5.75. The quantitative estimate of drug-likeness (QED) is 0.682. The molecular formula is C13H27N. The van der Waals surface area contributed by atoms with Crippen molar-refractivity contribution < 1.29 is 0 Å². The SMILES string of the molecule is CC(C)C(C)NC1CCCCCC1C. The number of hydrogen-bond acceptors (Lipinski definition) is 1. The van der Waals surface area contributed by atoms with Crippen LogP contribution in [-0.2, 0) is 0 Å². The van der Waals surface area contributed by atoms with Crippen LogP contribution in [0.25, 0.3) is 0 Å². The molecule has 1 nitrogen and oxygen atoms in total. The normalized spacial score (nSPS) is 31.5. The first-order chi connectivity index (χ1) is 6.61. The summed E-state index contributed by atoms with van der Waals surface area (Å²) in [5.41, 5.74) is 0. The molecule has 84 valence electrons. The van der Waals surface area contributed by atoms with Crippen LogP contribution < -0.4 is 5.32 Å². The molecule has 14 heavy (non-hydrogen) atoms. The minimum Gasteiger partial charge on any atom is -0.311 e. The third-order valence-electron chi connectivity index (χ3n) is 3.84. The monoisotopic (exact) mass is 197 g/mol. The molecule has 0 aliphatic heterocycles. The second-order valence-electron chi connectivity index (χ2n) is 5.42. The second-order valence-corrected chi connectivity index (χ2v) is 5.42. The molecule has 1 fully saturated rings.